The number of hydrogen-bond donors (Lipinski definition) is 1. The lowest BCUT2D eigenvalue weighted by atomic mass is 9.99. The summed E-state index contributed by atoms with van der Waals surface area (Å²) >= 11 is 1.67. The molecule has 1 amide bonds. The number of carbonyl (C=O) groups is 1. The first kappa shape index (κ1) is 18.7. The zero-order valence-electron chi connectivity index (χ0n) is 15.8. The molecular formula is C24H24N2OS. The zero-order chi connectivity index (χ0) is 19.2. The summed E-state index contributed by atoms with van der Waals surface area (Å²) in [5.41, 5.74) is 3.77. The largest absolute Gasteiger partial charge is 0.343 e. The van der Waals surface area contributed by atoms with Gasteiger partial charge in [-0.1, -0.05) is 72.8 Å². The fraction of sp³-hybridized carbons (Fsp3) is 0.208. The van der Waals surface area contributed by atoms with Gasteiger partial charge in [-0.05, 0) is 34.6 Å². The Bertz CT molecular complexity index is 920. The number of carbonyl (C=O) groups excluding carboxylic acids is 1. The standard InChI is InChI=1S/C24H24N2OS/c27-23(18-26-15-13-20(14-16-26)19-8-3-1-4-9-19)25-24(22-12-7-17-28-22)21-10-5-2-6-11-21/h1-13,17,24H,14-16,18H2,(H,25,27)/t24-/m0/s1. The number of nitrogens with one attached hydrogen (secondary N) is 1. The molecule has 1 atom stereocenters. The lowest BCUT2D eigenvalue weighted by Crippen LogP contribution is -2.40. The van der Waals surface area contributed by atoms with Crippen LogP contribution in [-0.2, 0) is 4.79 Å². The summed E-state index contributed by atoms with van der Waals surface area (Å²) in [5, 5.41) is 5.29. The van der Waals surface area contributed by atoms with Crippen LogP contribution in [0.2, 0.25) is 0 Å². The molecule has 0 radical (unpaired) electrons. The molecule has 4 heteroatoms. The van der Waals surface area contributed by atoms with Gasteiger partial charge < -0.3 is 5.32 Å². The van der Waals surface area contributed by atoms with Gasteiger partial charge in [0.05, 0.1) is 12.6 Å². The minimum Gasteiger partial charge on any atom is -0.343 e. The van der Waals surface area contributed by atoms with Gasteiger partial charge in [0.2, 0.25) is 5.91 Å². The highest BCUT2D eigenvalue weighted by molar-refractivity contribution is 7.10. The Morgan fingerprint density at radius 1 is 1.00 bits per heavy atom. The van der Waals surface area contributed by atoms with E-state index in [9.17, 15) is 4.79 Å². The van der Waals surface area contributed by atoms with Crippen LogP contribution in [0, 0.1) is 0 Å². The van der Waals surface area contributed by atoms with Crippen molar-refractivity contribution in [2.45, 2.75) is 12.5 Å². The molecule has 1 N–H and O–H groups in total. The van der Waals surface area contributed by atoms with Crippen LogP contribution in [0.5, 0.6) is 0 Å². The van der Waals surface area contributed by atoms with Gasteiger partial charge >= 0.3 is 0 Å². The van der Waals surface area contributed by atoms with E-state index < -0.39 is 0 Å². The number of nitrogens with zero attached hydrogens (tertiary/aromatic N) is 1. The maximum Gasteiger partial charge on any atom is 0.234 e. The Morgan fingerprint density at radius 3 is 2.39 bits per heavy atom. The number of thiophene rings is 1. The number of benzene rings is 2. The molecule has 2 heterocycles. The third-order valence-electron chi connectivity index (χ3n) is 5.07. The first-order valence-electron chi connectivity index (χ1n) is 9.64. The van der Waals surface area contributed by atoms with E-state index >= 15 is 0 Å². The summed E-state index contributed by atoms with van der Waals surface area (Å²) < 4.78 is 0. The molecule has 1 aliphatic heterocycles. The fourth-order valence-corrected chi connectivity index (χ4v) is 4.40. The van der Waals surface area contributed by atoms with E-state index in [1.807, 2.05) is 30.3 Å². The third kappa shape index (κ3) is 4.58. The van der Waals surface area contributed by atoms with E-state index in [-0.39, 0.29) is 11.9 Å². The molecule has 0 aliphatic carbocycles. The average Bonchev–Trinajstić information content (AvgIpc) is 3.28. The molecule has 4 rings (SSSR count). The van der Waals surface area contributed by atoms with Crippen molar-refractivity contribution in [2.75, 3.05) is 19.6 Å². The fourth-order valence-electron chi connectivity index (χ4n) is 3.60. The summed E-state index contributed by atoms with van der Waals surface area (Å²) in [4.78, 5) is 16.1. The molecular weight excluding hydrogens is 364 g/mol. The first-order chi connectivity index (χ1) is 13.8. The molecule has 0 unspecified atom stereocenters. The van der Waals surface area contributed by atoms with E-state index in [1.165, 1.54) is 11.1 Å². The highest BCUT2D eigenvalue weighted by Gasteiger charge is 2.20. The monoisotopic (exact) mass is 388 g/mol. The maximum absolute atomic E-state index is 12.8. The van der Waals surface area contributed by atoms with Crippen LogP contribution in [-0.4, -0.2) is 30.4 Å². The van der Waals surface area contributed by atoms with Crippen molar-refractivity contribution in [1.82, 2.24) is 10.2 Å². The molecule has 2 aromatic carbocycles. The summed E-state index contributed by atoms with van der Waals surface area (Å²) in [6.45, 7) is 2.14. The third-order valence-corrected chi connectivity index (χ3v) is 6.01. The van der Waals surface area contributed by atoms with Gasteiger partial charge in [-0.2, -0.15) is 0 Å². The summed E-state index contributed by atoms with van der Waals surface area (Å²) in [7, 11) is 0. The summed E-state index contributed by atoms with van der Waals surface area (Å²) in [6.07, 6.45) is 3.23. The number of amides is 1. The zero-order valence-corrected chi connectivity index (χ0v) is 16.6. The van der Waals surface area contributed by atoms with Crippen molar-refractivity contribution >= 4 is 22.8 Å². The van der Waals surface area contributed by atoms with Gasteiger partial charge in [0, 0.05) is 18.0 Å². The molecule has 0 spiro atoms. The summed E-state index contributed by atoms with van der Waals surface area (Å²) in [6, 6.07) is 24.7. The van der Waals surface area contributed by atoms with Crippen molar-refractivity contribution in [3.05, 3.63) is 100 Å². The molecule has 0 fully saturated rings. The number of rotatable bonds is 6. The molecule has 3 nitrogen and oxygen atoms in total. The Labute approximate surface area is 170 Å². The normalized spacial score (nSPS) is 15.6. The second kappa shape index (κ2) is 9.00. The highest BCUT2D eigenvalue weighted by atomic mass is 32.1. The van der Waals surface area contributed by atoms with E-state index in [1.54, 1.807) is 11.3 Å². The van der Waals surface area contributed by atoms with E-state index in [0.29, 0.717) is 6.54 Å². The lowest BCUT2D eigenvalue weighted by molar-refractivity contribution is -0.122. The van der Waals surface area contributed by atoms with E-state index in [4.69, 9.17) is 0 Å². The van der Waals surface area contributed by atoms with Gasteiger partial charge in [0.1, 0.15) is 0 Å². The topological polar surface area (TPSA) is 32.3 Å². The van der Waals surface area contributed by atoms with Gasteiger partial charge in [-0.25, -0.2) is 0 Å². The molecule has 1 aliphatic rings. The van der Waals surface area contributed by atoms with Crippen molar-refractivity contribution in [2.24, 2.45) is 0 Å². The Balaban J connectivity index is 1.39. The number of hydrogen-bond acceptors (Lipinski definition) is 3. The second-order valence-corrected chi connectivity index (χ2v) is 7.99. The van der Waals surface area contributed by atoms with Crippen LogP contribution in [0.15, 0.2) is 84.3 Å². The molecule has 0 saturated heterocycles. The van der Waals surface area contributed by atoms with Gasteiger partial charge in [0.15, 0.2) is 0 Å². The Hall–Kier alpha value is -2.69. The van der Waals surface area contributed by atoms with Crippen molar-refractivity contribution in [3.8, 4) is 0 Å². The van der Waals surface area contributed by atoms with Crippen LogP contribution in [0.25, 0.3) is 5.57 Å². The minimum atomic E-state index is -0.0890. The molecule has 3 aromatic rings. The second-order valence-electron chi connectivity index (χ2n) is 7.01. The lowest BCUT2D eigenvalue weighted by Gasteiger charge is -2.27. The highest BCUT2D eigenvalue weighted by Crippen LogP contribution is 2.26. The Kier molecular flexibility index (Phi) is 6.00. The van der Waals surface area contributed by atoms with E-state index in [2.05, 4.69) is 64.1 Å². The molecule has 28 heavy (non-hydrogen) atoms. The molecule has 142 valence electrons. The van der Waals surface area contributed by atoms with Gasteiger partial charge in [0.25, 0.3) is 0 Å². The predicted molar refractivity (Wildman–Crippen MR) is 116 cm³/mol. The quantitative estimate of drug-likeness (QED) is 0.661. The van der Waals surface area contributed by atoms with Crippen LogP contribution >= 0.6 is 11.3 Å². The SMILES string of the molecule is O=C(CN1CC=C(c2ccccc2)CC1)N[C@@H](c1ccccc1)c1cccs1. The van der Waals surface area contributed by atoms with Crippen LogP contribution in [0.1, 0.15) is 28.5 Å². The van der Waals surface area contributed by atoms with Gasteiger partial charge in [-0.15, -0.1) is 11.3 Å². The van der Waals surface area contributed by atoms with E-state index in [0.717, 1.165) is 30.0 Å². The molecule has 0 bridgehead atoms. The molecule has 1 aromatic heterocycles. The summed E-state index contributed by atoms with van der Waals surface area (Å²) in [5.74, 6) is 0.0683. The molecule has 0 saturated carbocycles. The van der Waals surface area contributed by atoms with Gasteiger partial charge in [-0.3, -0.25) is 9.69 Å². The van der Waals surface area contributed by atoms with Crippen LogP contribution in [0.3, 0.4) is 0 Å². The predicted octanol–water partition coefficient (Wildman–Crippen LogP) is 4.74. The smallest absolute Gasteiger partial charge is 0.234 e. The first-order valence-corrected chi connectivity index (χ1v) is 10.5. The van der Waals surface area contributed by atoms with Crippen LogP contribution in [0.4, 0.5) is 0 Å². The Morgan fingerprint density at radius 2 is 1.75 bits per heavy atom. The van der Waals surface area contributed by atoms with Crippen molar-refractivity contribution < 1.29 is 4.79 Å². The van der Waals surface area contributed by atoms with Crippen molar-refractivity contribution in [3.63, 3.8) is 0 Å². The average molecular weight is 389 g/mol. The van der Waals surface area contributed by atoms with Crippen molar-refractivity contribution in [1.29, 1.82) is 0 Å². The van der Waals surface area contributed by atoms with Crippen LogP contribution < -0.4 is 5.32 Å². The maximum atomic E-state index is 12.8. The minimum absolute atomic E-state index is 0.0683.